The first-order valence-corrected chi connectivity index (χ1v) is 8.37. The summed E-state index contributed by atoms with van der Waals surface area (Å²) in [7, 11) is 0. The fraction of sp³-hybridized carbons (Fsp3) is 0. The van der Waals surface area contributed by atoms with Crippen LogP contribution >= 0.6 is 15.9 Å². The predicted octanol–water partition coefficient (Wildman–Crippen LogP) is 4.90. The molecule has 1 N–H and O–H groups in total. The molecule has 0 radical (unpaired) electrons. The first kappa shape index (κ1) is 15.5. The summed E-state index contributed by atoms with van der Waals surface area (Å²) in [5.74, 6) is 0.306. The van der Waals surface area contributed by atoms with Gasteiger partial charge >= 0.3 is 0 Å². The molecule has 0 aliphatic heterocycles. The minimum absolute atomic E-state index is 0.220. The van der Waals surface area contributed by atoms with Gasteiger partial charge in [-0.15, -0.1) is 0 Å². The summed E-state index contributed by atoms with van der Waals surface area (Å²) in [5.41, 5.74) is 3.35. The van der Waals surface area contributed by atoms with Crippen molar-refractivity contribution in [3.05, 3.63) is 77.0 Å². The average molecular weight is 394 g/mol. The topological polar surface area (TPSA) is 68.0 Å². The number of carbonyl (C=O) groups excluding carboxylic acids is 1. The second kappa shape index (κ2) is 6.49. The summed E-state index contributed by atoms with van der Waals surface area (Å²) in [4.78, 5) is 20.7. The van der Waals surface area contributed by atoms with Crippen LogP contribution in [0.1, 0.15) is 10.4 Å². The van der Waals surface area contributed by atoms with Gasteiger partial charge in [-0.1, -0.05) is 12.1 Å². The molecule has 4 aromatic rings. The molecule has 0 fully saturated rings. The van der Waals surface area contributed by atoms with E-state index >= 15 is 0 Å². The quantitative estimate of drug-likeness (QED) is 0.537. The van der Waals surface area contributed by atoms with Crippen molar-refractivity contribution in [3.63, 3.8) is 0 Å². The van der Waals surface area contributed by atoms with Crippen LogP contribution < -0.4 is 5.32 Å². The molecule has 2 heterocycles. The van der Waals surface area contributed by atoms with Gasteiger partial charge in [0.05, 0.1) is 11.1 Å². The molecule has 0 aliphatic carbocycles. The van der Waals surface area contributed by atoms with Crippen LogP contribution in [0.3, 0.4) is 0 Å². The Hall–Kier alpha value is -2.99. The Morgan fingerprint density at radius 1 is 1.08 bits per heavy atom. The third kappa shape index (κ3) is 3.16. The molecule has 1 amide bonds. The van der Waals surface area contributed by atoms with Crippen molar-refractivity contribution in [2.45, 2.75) is 0 Å². The number of aromatic nitrogens is 2. The summed E-state index contributed by atoms with van der Waals surface area (Å²) in [6.07, 6.45) is 3.15. The van der Waals surface area contributed by atoms with E-state index in [1.54, 1.807) is 36.5 Å². The number of oxazole rings is 1. The second-order valence-corrected chi connectivity index (χ2v) is 6.23. The van der Waals surface area contributed by atoms with Gasteiger partial charge in [0, 0.05) is 22.6 Å². The lowest BCUT2D eigenvalue weighted by Crippen LogP contribution is -2.11. The third-order valence-electron chi connectivity index (χ3n) is 3.67. The van der Waals surface area contributed by atoms with Crippen molar-refractivity contribution in [1.82, 2.24) is 9.97 Å². The molecule has 0 saturated heterocycles. The van der Waals surface area contributed by atoms with Gasteiger partial charge in [0.25, 0.3) is 5.91 Å². The number of fused-ring (bicyclic) bond motifs is 1. The van der Waals surface area contributed by atoms with E-state index in [0.29, 0.717) is 28.2 Å². The lowest BCUT2D eigenvalue weighted by molar-refractivity contribution is 0.102. The zero-order valence-corrected chi connectivity index (χ0v) is 14.5. The number of pyridine rings is 1. The van der Waals surface area contributed by atoms with E-state index in [-0.39, 0.29) is 5.91 Å². The van der Waals surface area contributed by atoms with Crippen molar-refractivity contribution in [1.29, 1.82) is 0 Å². The van der Waals surface area contributed by atoms with Crippen LogP contribution in [0.25, 0.3) is 22.6 Å². The van der Waals surface area contributed by atoms with Crippen molar-refractivity contribution >= 4 is 38.6 Å². The summed E-state index contributed by atoms with van der Waals surface area (Å²) < 4.78 is 6.72. The van der Waals surface area contributed by atoms with Gasteiger partial charge in [0.2, 0.25) is 5.89 Å². The van der Waals surface area contributed by atoms with Gasteiger partial charge in [0.15, 0.2) is 5.58 Å². The van der Waals surface area contributed by atoms with Crippen LogP contribution in [0, 0.1) is 0 Å². The Balaban J connectivity index is 1.65. The highest BCUT2D eigenvalue weighted by molar-refractivity contribution is 9.10. The number of anilines is 1. The number of carbonyl (C=O) groups is 1. The SMILES string of the molecule is O=C(Nc1ccc2oc(-c3ccccc3Br)nc2c1)c1cccnc1. The van der Waals surface area contributed by atoms with Crippen LogP contribution in [-0.4, -0.2) is 15.9 Å². The minimum Gasteiger partial charge on any atom is -0.436 e. The van der Waals surface area contributed by atoms with Gasteiger partial charge in [-0.05, 0) is 58.4 Å². The molecular weight excluding hydrogens is 382 g/mol. The van der Waals surface area contributed by atoms with Gasteiger partial charge in [-0.25, -0.2) is 4.98 Å². The Morgan fingerprint density at radius 2 is 1.96 bits per heavy atom. The number of hydrogen-bond donors (Lipinski definition) is 1. The van der Waals surface area contributed by atoms with Gasteiger partial charge < -0.3 is 9.73 Å². The first-order valence-electron chi connectivity index (χ1n) is 7.57. The summed E-state index contributed by atoms with van der Waals surface area (Å²) >= 11 is 3.50. The Bertz CT molecular complexity index is 1060. The van der Waals surface area contributed by atoms with Gasteiger partial charge in [-0.3, -0.25) is 9.78 Å². The molecule has 6 heteroatoms. The van der Waals surface area contributed by atoms with E-state index in [9.17, 15) is 4.79 Å². The third-order valence-corrected chi connectivity index (χ3v) is 4.36. The lowest BCUT2D eigenvalue weighted by atomic mass is 10.2. The van der Waals surface area contributed by atoms with Crippen molar-refractivity contribution < 1.29 is 9.21 Å². The Kier molecular flexibility index (Phi) is 4.03. The molecule has 0 unspecified atom stereocenters. The van der Waals surface area contributed by atoms with Crippen molar-refractivity contribution in [3.8, 4) is 11.5 Å². The minimum atomic E-state index is -0.220. The molecule has 0 bridgehead atoms. The Morgan fingerprint density at radius 3 is 2.76 bits per heavy atom. The molecule has 0 saturated carbocycles. The van der Waals surface area contributed by atoms with Crippen LogP contribution in [0.2, 0.25) is 0 Å². The molecule has 2 aromatic carbocycles. The number of amides is 1. The number of benzene rings is 2. The standard InChI is InChI=1S/C19H12BrN3O2/c20-15-6-2-1-5-14(15)19-23-16-10-13(7-8-17(16)25-19)22-18(24)12-4-3-9-21-11-12/h1-11H,(H,22,24). The van der Waals surface area contributed by atoms with E-state index in [4.69, 9.17) is 4.42 Å². The molecule has 0 spiro atoms. The fourth-order valence-electron chi connectivity index (χ4n) is 2.46. The van der Waals surface area contributed by atoms with Crippen LogP contribution in [0.15, 0.2) is 75.9 Å². The molecule has 4 rings (SSSR count). The predicted molar refractivity (Wildman–Crippen MR) is 99.3 cm³/mol. The molecule has 2 aromatic heterocycles. The van der Waals surface area contributed by atoms with Crippen molar-refractivity contribution in [2.75, 3.05) is 5.32 Å². The molecule has 25 heavy (non-hydrogen) atoms. The molecule has 122 valence electrons. The second-order valence-electron chi connectivity index (χ2n) is 5.38. The van der Waals surface area contributed by atoms with E-state index < -0.39 is 0 Å². The highest BCUT2D eigenvalue weighted by Gasteiger charge is 2.12. The maximum absolute atomic E-state index is 12.2. The van der Waals surface area contributed by atoms with Gasteiger partial charge in [-0.2, -0.15) is 0 Å². The number of rotatable bonds is 3. The highest BCUT2D eigenvalue weighted by Crippen LogP contribution is 2.30. The Labute approximate surface area is 151 Å². The summed E-state index contributed by atoms with van der Waals surface area (Å²) in [6.45, 7) is 0. The normalized spacial score (nSPS) is 10.8. The molecule has 0 atom stereocenters. The van der Waals surface area contributed by atoms with E-state index in [1.807, 2.05) is 24.3 Å². The first-order chi connectivity index (χ1) is 12.2. The highest BCUT2D eigenvalue weighted by atomic mass is 79.9. The molecule has 0 aliphatic rings. The van der Waals surface area contributed by atoms with E-state index in [0.717, 1.165) is 10.0 Å². The van der Waals surface area contributed by atoms with E-state index in [2.05, 4.69) is 31.2 Å². The smallest absolute Gasteiger partial charge is 0.257 e. The zero-order chi connectivity index (χ0) is 17.2. The maximum Gasteiger partial charge on any atom is 0.257 e. The van der Waals surface area contributed by atoms with Crippen LogP contribution in [0.5, 0.6) is 0 Å². The molecular formula is C19H12BrN3O2. The van der Waals surface area contributed by atoms with Crippen molar-refractivity contribution in [2.24, 2.45) is 0 Å². The average Bonchev–Trinajstić information content (AvgIpc) is 3.06. The fourth-order valence-corrected chi connectivity index (χ4v) is 2.91. The molecule has 5 nitrogen and oxygen atoms in total. The number of nitrogens with one attached hydrogen (secondary N) is 1. The summed E-state index contributed by atoms with van der Waals surface area (Å²) in [5, 5.41) is 2.84. The number of nitrogens with zero attached hydrogens (tertiary/aromatic N) is 2. The summed E-state index contributed by atoms with van der Waals surface area (Å²) in [6, 6.07) is 16.5. The lowest BCUT2D eigenvalue weighted by Gasteiger charge is -2.04. The van der Waals surface area contributed by atoms with Crippen LogP contribution in [-0.2, 0) is 0 Å². The van der Waals surface area contributed by atoms with Gasteiger partial charge in [0.1, 0.15) is 5.52 Å². The van der Waals surface area contributed by atoms with Crippen LogP contribution in [0.4, 0.5) is 5.69 Å². The maximum atomic E-state index is 12.2. The number of halogens is 1. The zero-order valence-electron chi connectivity index (χ0n) is 12.9. The number of hydrogen-bond acceptors (Lipinski definition) is 4. The van der Waals surface area contributed by atoms with E-state index in [1.165, 1.54) is 6.20 Å². The monoisotopic (exact) mass is 393 g/mol. The largest absolute Gasteiger partial charge is 0.436 e.